The van der Waals surface area contributed by atoms with Gasteiger partial charge in [-0.25, -0.2) is 9.59 Å². The van der Waals surface area contributed by atoms with Gasteiger partial charge in [0.25, 0.3) is 0 Å². The van der Waals surface area contributed by atoms with E-state index in [-0.39, 0.29) is 17.3 Å². The first kappa shape index (κ1) is 12.8. The molecule has 0 bridgehead atoms. The summed E-state index contributed by atoms with van der Waals surface area (Å²) in [6.07, 6.45) is 0. The Balaban J connectivity index is 2.90. The number of hydrogen-bond acceptors (Lipinski definition) is 3. The molecule has 0 spiro atoms. The van der Waals surface area contributed by atoms with Crippen molar-refractivity contribution in [2.45, 2.75) is 6.92 Å². The van der Waals surface area contributed by atoms with E-state index in [9.17, 15) is 14.7 Å². The number of anilines is 1. The maximum atomic E-state index is 11.5. The van der Waals surface area contributed by atoms with Crippen LogP contribution in [0, 0.1) is 0 Å². The predicted octanol–water partition coefficient (Wildman–Crippen LogP) is 1.57. The molecule has 0 aliphatic rings. The standard InChI is InChI=1S/C11H14N2O4/c1-3-13(2)11(17)12-7-4-5-9(14)8(6-7)10(15)16/h4-6,14H,3H2,1-2H3,(H,12,17)(H,15,16). The zero-order valence-corrected chi connectivity index (χ0v) is 9.60. The van der Waals surface area contributed by atoms with Gasteiger partial charge in [-0.3, -0.25) is 0 Å². The van der Waals surface area contributed by atoms with E-state index < -0.39 is 5.97 Å². The number of aromatic carboxylic acids is 1. The Kier molecular flexibility index (Phi) is 3.92. The zero-order valence-electron chi connectivity index (χ0n) is 9.60. The Hall–Kier alpha value is -2.24. The summed E-state index contributed by atoms with van der Waals surface area (Å²) in [4.78, 5) is 23.7. The van der Waals surface area contributed by atoms with Crippen molar-refractivity contribution >= 4 is 17.7 Å². The molecule has 2 amide bonds. The number of nitrogens with one attached hydrogen (secondary N) is 1. The maximum absolute atomic E-state index is 11.5. The fourth-order valence-corrected chi connectivity index (χ4v) is 1.15. The van der Waals surface area contributed by atoms with Crippen LogP contribution in [0.15, 0.2) is 18.2 Å². The highest BCUT2D eigenvalue weighted by Crippen LogP contribution is 2.21. The van der Waals surface area contributed by atoms with Crippen molar-refractivity contribution in [3.8, 4) is 5.75 Å². The summed E-state index contributed by atoms with van der Waals surface area (Å²) < 4.78 is 0. The van der Waals surface area contributed by atoms with Gasteiger partial charge in [0.15, 0.2) is 0 Å². The van der Waals surface area contributed by atoms with E-state index >= 15 is 0 Å². The van der Waals surface area contributed by atoms with Crippen LogP contribution in [-0.4, -0.2) is 40.7 Å². The number of nitrogens with zero attached hydrogens (tertiary/aromatic N) is 1. The Labute approximate surface area is 98.5 Å². The van der Waals surface area contributed by atoms with Crippen LogP contribution in [0.3, 0.4) is 0 Å². The summed E-state index contributed by atoms with van der Waals surface area (Å²) in [5.74, 6) is -1.58. The summed E-state index contributed by atoms with van der Waals surface area (Å²) in [5.41, 5.74) is 0.0763. The molecule has 6 nitrogen and oxygen atoms in total. The van der Waals surface area contributed by atoms with Crippen molar-refractivity contribution < 1.29 is 19.8 Å². The molecular weight excluding hydrogens is 224 g/mol. The quantitative estimate of drug-likeness (QED) is 0.697. The lowest BCUT2D eigenvalue weighted by atomic mass is 10.2. The first-order valence-corrected chi connectivity index (χ1v) is 5.04. The van der Waals surface area contributed by atoms with Crippen LogP contribution in [0.5, 0.6) is 5.75 Å². The molecule has 1 aromatic carbocycles. The number of phenols is 1. The van der Waals surface area contributed by atoms with Gasteiger partial charge in [0.05, 0.1) is 0 Å². The fraction of sp³-hybridized carbons (Fsp3) is 0.273. The van der Waals surface area contributed by atoms with E-state index in [2.05, 4.69) is 5.32 Å². The van der Waals surface area contributed by atoms with Gasteiger partial charge in [0.1, 0.15) is 11.3 Å². The highest BCUT2D eigenvalue weighted by molar-refractivity contribution is 5.95. The molecule has 17 heavy (non-hydrogen) atoms. The minimum atomic E-state index is -1.25. The van der Waals surface area contributed by atoms with Crippen molar-refractivity contribution in [2.24, 2.45) is 0 Å². The van der Waals surface area contributed by atoms with Crippen LogP contribution < -0.4 is 5.32 Å². The van der Waals surface area contributed by atoms with Crippen molar-refractivity contribution in [2.75, 3.05) is 18.9 Å². The second kappa shape index (κ2) is 5.20. The largest absolute Gasteiger partial charge is 0.507 e. The summed E-state index contributed by atoms with van der Waals surface area (Å²) in [6, 6.07) is 3.53. The molecule has 0 aliphatic carbocycles. The topological polar surface area (TPSA) is 89.9 Å². The van der Waals surface area contributed by atoms with Crippen LogP contribution in [0.2, 0.25) is 0 Å². The molecule has 0 aromatic heterocycles. The molecule has 0 saturated heterocycles. The van der Waals surface area contributed by atoms with E-state index in [4.69, 9.17) is 5.11 Å². The molecule has 3 N–H and O–H groups in total. The number of carboxylic acid groups (broad SMARTS) is 1. The molecular formula is C11H14N2O4. The van der Waals surface area contributed by atoms with E-state index in [1.165, 1.54) is 23.1 Å². The molecule has 0 aliphatic heterocycles. The molecule has 1 rings (SSSR count). The molecule has 1 aromatic rings. The maximum Gasteiger partial charge on any atom is 0.339 e. The summed E-state index contributed by atoms with van der Waals surface area (Å²) in [7, 11) is 1.62. The Morgan fingerprint density at radius 3 is 2.59 bits per heavy atom. The SMILES string of the molecule is CCN(C)C(=O)Nc1ccc(O)c(C(=O)O)c1. The molecule has 0 saturated carbocycles. The highest BCUT2D eigenvalue weighted by Gasteiger charge is 2.12. The second-order valence-electron chi connectivity index (χ2n) is 3.48. The molecule has 92 valence electrons. The van der Waals surface area contributed by atoms with Crippen molar-refractivity contribution in [1.82, 2.24) is 4.90 Å². The first-order valence-electron chi connectivity index (χ1n) is 5.04. The highest BCUT2D eigenvalue weighted by atomic mass is 16.4. The van der Waals surface area contributed by atoms with E-state index in [1.54, 1.807) is 7.05 Å². The van der Waals surface area contributed by atoms with E-state index in [0.29, 0.717) is 12.2 Å². The van der Waals surface area contributed by atoms with Crippen LogP contribution >= 0.6 is 0 Å². The third kappa shape index (κ3) is 3.10. The number of carbonyl (C=O) groups is 2. The fourth-order valence-electron chi connectivity index (χ4n) is 1.15. The third-order valence-electron chi connectivity index (χ3n) is 2.30. The van der Waals surface area contributed by atoms with E-state index in [1.807, 2.05) is 6.92 Å². The monoisotopic (exact) mass is 238 g/mol. The zero-order chi connectivity index (χ0) is 13.0. The van der Waals surface area contributed by atoms with Gasteiger partial charge < -0.3 is 20.4 Å². The van der Waals surface area contributed by atoms with Gasteiger partial charge in [-0.05, 0) is 25.1 Å². The number of hydrogen-bond donors (Lipinski definition) is 3. The average Bonchev–Trinajstić information content (AvgIpc) is 2.30. The van der Waals surface area contributed by atoms with Gasteiger partial charge in [0, 0.05) is 19.3 Å². The number of rotatable bonds is 3. The number of urea groups is 1. The van der Waals surface area contributed by atoms with Crippen molar-refractivity contribution in [3.63, 3.8) is 0 Å². The van der Waals surface area contributed by atoms with E-state index in [0.717, 1.165) is 0 Å². The minimum absolute atomic E-state index is 0.248. The lowest BCUT2D eigenvalue weighted by molar-refractivity contribution is 0.0693. The summed E-state index contributed by atoms with van der Waals surface area (Å²) in [5, 5.41) is 20.6. The Morgan fingerprint density at radius 1 is 1.41 bits per heavy atom. The number of carboxylic acids is 1. The van der Waals surface area contributed by atoms with Crippen molar-refractivity contribution in [3.05, 3.63) is 23.8 Å². The Morgan fingerprint density at radius 2 is 2.06 bits per heavy atom. The number of aromatic hydroxyl groups is 1. The number of benzene rings is 1. The molecule has 0 fully saturated rings. The van der Waals surface area contributed by atoms with Gasteiger partial charge >= 0.3 is 12.0 Å². The smallest absolute Gasteiger partial charge is 0.339 e. The lowest BCUT2D eigenvalue weighted by Crippen LogP contribution is -2.30. The predicted molar refractivity (Wildman–Crippen MR) is 62.4 cm³/mol. The molecule has 0 atom stereocenters. The van der Waals surface area contributed by atoms with Gasteiger partial charge in [-0.1, -0.05) is 0 Å². The van der Waals surface area contributed by atoms with Crippen molar-refractivity contribution in [1.29, 1.82) is 0 Å². The van der Waals surface area contributed by atoms with Crippen LogP contribution in [0.1, 0.15) is 17.3 Å². The molecule has 0 heterocycles. The number of carbonyl (C=O) groups excluding carboxylic acids is 1. The average molecular weight is 238 g/mol. The molecule has 0 radical (unpaired) electrons. The lowest BCUT2D eigenvalue weighted by Gasteiger charge is -2.15. The first-order chi connectivity index (χ1) is 7.95. The minimum Gasteiger partial charge on any atom is -0.507 e. The van der Waals surface area contributed by atoms with Crippen LogP contribution in [0.4, 0.5) is 10.5 Å². The van der Waals surface area contributed by atoms with Crippen LogP contribution in [0.25, 0.3) is 0 Å². The number of amides is 2. The normalized spacial score (nSPS) is 9.76. The summed E-state index contributed by atoms with van der Waals surface area (Å²) >= 11 is 0. The second-order valence-corrected chi connectivity index (χ2v) is 3.48. The third-order valence-corrected chi connectivity index (χ3v) is 2.30. The Bertz CT molecular complexity index is 445. The van der Waals surface area contributed by atoms with Gasteiger partial charge in [-0.2, -0.15) is 0 Å². The van der Waals surface area contributed by atoms with Gasteiger partial charge in [-0.15, -0.1) is 0 Å². The van der Waals surface area contributed by atoms with Gasteiger partial charge in [0.2, 0.25) is 0 Å². The molecule has 6 heteroatoms. The van der Waals surface area contributed by atoms with Crippen LogP contribution in [-0.2, 0) is 0 Å². The summed E-state index contributed by atoms with van der Waals surface area (Å²) in [6.45, 7) is 2.36. The molecule has 0 unspecified atom stereocenters.